The third-order valence-corrected chi connectivity index (χ3v) is 5.76. The van der Waals surface area contributed by atoms with Gasteiger partial charge in [0.2, 0.25) is 0 Å². The second kappa shape index (κ2) is 7.09. The van der Waals surface area contributed by atoms with Crippen molar-refractivity contribution in [3.63, 3.8) is 0 Å². The number of ether oxygens (including phenoxy) is 1. The van der Waals surface area contributed by atoms with E-state index in [0.717, 1.165) is 4.46 Å². The molecule has 19 heavy (non-hydrogen) atoms. The predicted octanol–water partition coefficient (Wildman–Crippen LogP) is 1.77. The van der Waals surface area contributed by atoms with Crippen molar-refractivity contribution in [2.24, 2.45) is 5.92 Å². The first-order valence-electron chi connectivity index (χ1n) is 6.51. The average Bonchev–Trinajstić information content (AvgIpc) is 2.39. The molecule has 0 bridgehead atoms. The number of hydrogen-bond acceptors (Lipinski definition) is 3. The average molecular weight is 329 g/mol. The molecule has 1 N–H and O–H groups in total. The van der Waals surface area contributed by atoms with Gasteiger partial charge in [-0.25, -0.2) is 0 Å². The Morgan fingerprint density at radius 2 is 1.95 bits per heavy atom. The van der Waals surface area contributed by atoms with Crippen LogP contribution in [0.4, 0.5) is 0 Å². The Kier molecular flexibility index (Phi) is 6.05. The SMILES string of the molecule is CCOC(=O)[C@@](C)([Se]c1ccccc1)[C@H](O)C(C)C. The molecule has 0 amide bonds. The third kappa shape index (κ3) is 4.07. The number of carbonyl (C=O) groups excluding carboxylic acids is 1. The number of benzene rings is 1. The molecular formula is C15H22O3Se. The van der Waals surface area contributed by atoms with Gasteiger partial charge in [-0.1, -0.05) is 0 Å². The van der Waals surface area contributed by atoms with Gasteiger partial charge in [0.25, 0.3) is 0 Å². The Morgan fingerprint density at radius 3 is 2.42 bits per heavy atom. The van der Waals surface area contributed by atoms with Crippen molar-refractivity contribution in [1.82, 2.24) is 0 Å². The molecule has 106 valence electrons. The first kappa shape index (κ1) is 16.2. The summed E-state index contributed by atoms with van der Waals surface area (Å²) in [6.07, 6.45) is -0.702. The van der Waals surface area contributed by atoms with E-state index in [0.29, 0.717) is 6.61 Å². The Bertz CT molecular complexity index is 405. The second-order valence-corrected chi connectivity index (χ2v) is 8.13. The third-order valence-electron chi connectivity index (χ3n) is 2.95. The summed E-state index contributed by atoms with van der Waals surface area (Å²) >= 11 is -0.176. The number of rotatable bonds is 6. The Balaban J connectivity index is 3.01. The fourth-order valence-corrected chi connectivity index (χ4v) is 4.63. The standard InChI is InChI=1S/C15H22O3Se/c1-5-18-14(17)15(4,13(16)11(2)3)19-12-9-7-6-8-10-12/h6-11,13,16H,5H2,1-4H3/t13-,15+/m1/s1. The van der Waals surface area contributed by atoms with Crippen LogP contribution in [0.1, 0.15) is 27.7 Å². The second-order valence-electron chi connectivity index (χ2n) is 4.93. The first-order chi connectivity index (χ1) is 8.91. The zero-order chi connectivity index (χ0) is 14.5. The molecule has 1 aromatic rings. The molecule has 0 aliphatic rings. The molecule has 0 saturated carbocycles. The molecule has 0 heterocycles. The minimum atomic E-state index is -0.849. The predicted molar refractivity (Wildman–Crippen MR) is 77.7 cm³/mol. The van der Waals surface area contributed by atoms with E-state index in [9.17, 15) is 9.90 Å². The van der Waals surface area contributed by atoms with Crippen LogP contribution in [0.2, 0.25) is 4.31 Å². The Hall–Kier alpha value is -0.831. The van der Waals surface area contributed by atoms with Gasteiger partial charge in [-0.05, 0) is 0 Å². The van der Waals surface area contributed by atoms with Gasteiger partial charge in [0, 0.05) is 0 Å². The Morgan fingerprint density at radius 1 is 1.37 bits per heavy atom. The van der Waals surface area contributed by atoms with Crippen molar-refractivity contribution in [3.8, 4) is 0 Å². The van der Waals surface area contributed by atoms with Gasteiger partial charge in [0.15, 0.2) is 0 Å². The molecule has 0 aliphatic heterocycles. The van der Waals surface area contributed by atoms with Crippen molar-refractivity contribution in [1.29, 1.82) is 0 Å². The first-order valence-corrected chi connectivity index (χ1v) is 8.22. The zero-order valence-electron chi connectivity index (χ0n) is 11.9. The van der Waals surface area contributed by atoms with Crippen LogP contribution in [0.25, 0.3) is 0 Å². The van der Waals surface area contributed by atoms with Crippen molar-refractivity contribution < 1.29 is 14.6 Å². The van der Waals surface area contributed by atoms with Gasteiger partial charge in [0.05, 0.1) is 0 Å². The monoisotopic (exact) mass is 330 g/mol. The summed E-state index contributed by atoms with van der Waals surface area (Å²) in [5.41, 5.74) is 0. The van der Waals surface area contributed by atoms with E-state index in [1.54, 1.807) is 6.92 Å². The molecule has 0 aromatic heterocycles. The molecule has 0 spiro atoms. The van der Waals surface area contributed by atoms with Crippen LogP contribution in [0, 0.1) is 5.92 Å². The fraction of sp³-hybridized carbons (Fsp3) is 0.533. The van der Waals surface area contributed by atoms with E-state index < -0.39 is 10.4 Å². The maximum atomic E-state index is 12.2. The van der Waals surface area contributed by atoms with E-state index in [1.165, 1.54) is 0 Å². The van der Waals surface area contributed by atoms with Crippen molar-refractivity contribution in [2.75, 3.05) is 6.61 Å². The number of hydrogen-bond donors (Lipinski definition) is 1. The molecule has 0 radical (unpaired) electrons. The molecule has 2 atom stereocenters. The van der Waals surface area contributed by atoms with Crippen molar-refractivity contribution in [2.45, 2.75) is 38.1 Å². The summed E-state index contributed by atoms with van der Waals surface area (Å²) in [4.78, 5) is 12.2. The van der Waals surface area contributed by atoms with Crippen LogP contribution >= 0.6 is 0 Å². The maximum absolute atomic E-state index is 12.2. The normalized spacial score (nSPS) is 15.9. The minimum absolute atomic E-state index is 0.0139. The molecule has 0 saturated heterocycles. The Labute approximate surface area is 121 Å². The molecule has 4 heteroatoms. The zero-order valence-corrected chi connectivity index (χ0v) is 13.6. The van der Waals surface area contributed by atoms with Gasteiger partial charge < -0.3 is 0 Å². The van der Waals surface area contributed by atoms with Crippen LogP contribution in [0.15, 0.2) is 30.3 Å². The van der Waals surface area contributed by atoms with Crippen molar-refractivity contribution >= 4 is 25.4 Å². The van der Waals surface area contributed by atoms with Crippen LogP contribution in [0.3, 0.4) is 0 Å². The molecular weight excluding hydrogens is 307 g/mol. The molecule has 0 aliphatic carbocycles. The molecule has 1 rings (SSSR count). The number of carbonyl (C=O) groups is 1. The van der Waals surface area contributed by atoms with E-state index in [-0.39, 0.29) is 26.8 Å². The van der Waals surface area contributed by atoms with E-state index in [4.69, 9.17) is 4.74 Å². The summed E-state index contributed by atoms with van der Waals surface area (Å²) < 4.78 is 5.41. The van der Waals surface area contributed by atoms with Crippen LogP contribution in [-0.4, -0.2) is 38.7 Å². The van der Waals surface area contributed by atoms with E-state index in [1.807, 2.05) is 51.1 Å². The summed E-state index contributed by atoms with van der Waals surface area (Å²) in [6, 6.07) is 9.82. The van der Waals surface area contributed by atoms with Crippen LogP contribution in [-0.2, 0) is 9.53 Å². The van der Waals surface area contributed by atoms with Gasteiger partial charge in [-0.15, -0.1) is 0 Å². The summed E-state index contributed by atoms with van der Waals surface area (Å²) in [7, 11) is 0. The topological polar surface area (TPSA) is 46.5 Å². The van der Waals surface area contributed by atoms with Crippen molar-refractivity contribution in [3.05, 3.63) is 30.3 Å². The molecule has 1 aromatic carbocycles. The number of aliphatic hydroxyl groups excluding tert-OH is 1. The van der Waals surface area contributed by atoms with Gasteiger partial charge in [-0.3, -0.25) is 0 Å². The van der Waals surface area contributed by atoms with Crippen LogP contribution < -0.4 is 4.46 Å². The van der Waals surface area contributed by atoms with E-state index in [2.05, 4.69) is 0 Å². The number of aliphatic hydroxyl groups is 1. The molecule has 3 nitrogen and oxygen atoms in total. The van der Waals surface area contributed by atoms with Gasteiger partial charge in [0.1, 0.15) is 0 Å². The summed E-state index contributed by atoms with van der Waals surface area (Å²) in [5.74, 6) is -0.292. The molecule has 0 unspecified atom stereocenters. The van der Waals surface area contributed by atoms with Gasteiger partial charge in [-0.2, -0.15) is 0 Å². The number of esters is 1. The summed E-state index contributed by atoms with van der Waals surface area (Å²) in [5, 5.41) is 10.4. The summed E-state index contributed by atoms with van der Waals surface area (Å²) in [6.45, 7) is 7.77. The van der Waals surface area contributed by atoms with E-state index >= 15 is 0 Å². The molecule has 0 fully saturated rings. The van der Waals surface area contributed by atoms with Gasteiger partial charge >= 0.3 is 121 Å². The van der Waals surface area contributed by atoms with Crippen LogP contribution in [0.5, 0.6) is 0 Å². The fourth-order valence-electron chi connectivity index (χ4n) is 1.87. The quantitative estimate of drug-likeness (QED) is 0.639.